The van der Waals surface area contributed by atoms with Crippen molar-refractivity contribution >= 4 is 21.8 Å². The van der Waals surface area contributed by atoms with E-state index in [-0.39, 0.29) is 28.7 Å². The van der Waals surface area contributed by atoms with Crippen LogP contribution in [0.15, 0.2) is 57.8 Å². The van der Waals surface area contributed by atoms with Crippen molar-refractivity contribution in [2.45, 2.75) is 38.5 Å². The maximum atomic E-state index is 13.4. The Kier molecular flexibility index (Phi) is 5.98. The van der Waals surface area contributed by atoms with E-state index in [0.717, 1.165) is 9.87 Å². The third-order valence-electron chi connectivity index (χ3n) is 4.78. The molecule has 0 saturated heterocycles. The summed E-state index contributed by atoms with van der Waals surface area (Å²) in [6, 6.07) is 13.4. The van der Waals surface area contributed by atoms with Crippen molar-refractivity contribution in [3.05, 3.63) is 65.4 Å². The molecule has 8 heteroatoms. The molecule has 0 aliphatic carbocycles. The Morgan fingerprint density at radius 3 is 2.40 bits per heavy atom. The second kappa shape index (κ2) is 8.31. The zero-order chi connectivity index (χ0) is 22.1. The van der Waals surface area contributed by atoms with Gasteiger partial charge in [0.05, 0.1) is 10.5 Å². The number of benzene rings is 2. The number of nitrogens with zero attached hydrogens (tertiary/aromatic N) is 2. The SMILES string of the molecule is CCN(c1nc(-c2ccccc2)oc1C)S(=O)(=O)c1ccc(C(C)C)c(C(=O)O)c1. The Hall–Kier alpha value is -3.13. The highest BCUT2D eigenvalue weighted by Gasteiger charge is 2.30. The average molecular weight is 429 g/mol. The van der Waals surface area contributed by atoms with Crippen LogP contribution >= 0.6 is 0 Å². The second-order valence-electron chi connectivity index (χ2n) is 7.14. The minimum absolute atomic E-state index is 0.0241. The summed E-state index contributed by atoms with van der Waals surface area (Å²) in [4.78, 5) is 16.0. The Morgan fingerprint density at radius 2 is 1.83 bits per heavy atom. The van der Waals surface area contributed by atoms with Gasteiger partial charge in [-0.1, -0.05) is 38.1 Å². The van der Waals surface area contributed by atoms with Gasteiger partial charge in [0.15, 0.2) is 5.82 Å². The number of anilines is 1. The van der Waals surface area contributed by atoms with Crippen LogP contribution in [-0.4, -0.2) is 31.0 Å². The fourth-order valence-corrected chi connectivity index (χ4v) is 4.77. The zero-order valence-corrected chi connectivity index (χ0v) is 18.1. The van der Waals surface area contributed by atoms with E-state index >= 15 is 0 Å². The molecule has 0 amide bonds. The van der Waals surface area contributed by atoms with Gasteiger partial charge in [-0.25, -0.2) is 17.5 Å². The van der Waals surface area contributed by atoms with E-state index in [9.17, 15) is 18.3 Å². The normalized spacial score (nSPS) is 11.6. The molecule has 0 spiro atoms. The number of aromatic nitrogens is 1. The second-order valence-corrected chi connectivity index (χ2v) is 9.01. The third-order valence-corrected chi connectivity index (χ3v) is 6.64. The Balaban J connectivity index is 2.08. The van der Waals surface area contributed by atoms with Crippen molar-refractivity contribution in [2.75, 3.05) is 10.8 Å². The molecule has 1 N–H and O–H groups in total. The number of carboxylic acid groups (broad SMARTS) is 1. The number of aromatic carboxylic acids is 1. The van der Waals surface area contributed by atoms with Gasteiger partial charge in [-0.3, -0.25) is 0 Å². The monoisotopic (exact) mass is 428 g/mol. The highest BCUT2D eigenvalue weighted by atomic mass is 32.2. The van der Waals surface area contributed by atoms with Gasteiger partial charge < -0.3 is 9.52 Å². The molecular weight excluding hydrogens is 404 g/mol. The van der Waals surface area contributed by atoms with E-state index < -0.39 is 16.0 Å². The summed E-state index contributed by atoms with van der Waals surface area (Å²) in [5, 5.41) is 9.56. The highest BCUT2D eigenvalue weighted by Crippen LogP contribution is 2.31. The van der Waals surface area contributed by atoms with E-state index in [1.54, 1.807) is 19.9 Å². The number of carboxylic acids is 1. The lowest BCUT2D eigenvalue weighted by atomic mass is 9.97. The fraction of sp³-hybridized carbons (Fsp3) is 0.273. The van der Waals surface area contributed by atoms with Crippen LogP contribution < -0.4 is 4.31 Å². The molecule has 7 nitrogen and oxygen atoms in total. The van der Waals surface area contributed by atoms with E-state index in [0.29, 0.717) is 17.2 Å². The predicted molar refractivity (Wildman–Crippen MR) is 114 cm³/mol. The van der Waals surface area contributed by atoms with Crippen LogP contribution in [0.2, 0.25) is 0 Å². The van der Waals surface area contributed by atoms with Crippen molar-refractivity contribution in [2.24, 2.45) is 0 Å². The van der Waals surface area contributed by atoms with Crippen LogP contribution in [0.3, 0.4) is 0 Å². The summed E-state index contributed by atoms with van der Waals surface area (Å²) in [5.41, 5.74) is 1.28. The van der Waals surface area contributed by atoms with E-state index in [1.807, 2.05) is 44.2 Å². The summed E-state index contributed by atoms with van der Waals surface area (Å²) in [7, 11) is -4.05. The number of hydrogen-bond acceptors (Lipinski definition) is 5. The van der Waals surface area contributed by atoms with E-state index in [4.69, 9.17) is 4.42 Å². The molecule has 0 bridgehead atoms. The van der Waals surface area contributed by atoms with Gasteiger partial charge in [0.2, 0.25) is 5.89 Å². The van der Waals surface area contributed by atoms with Crippen LogP contribution in [0.5, 0.6) is 0 Å². The van der Waals surface area contributed by atoms with Crippen molar-refractivity contribution in [1.82, 2.24) is 4.98 Å². The van der Waals surface area contributed by atoms with Gasteiger partial charge in [0, 0.05) is 12.1 Å². The lowest BCUT2D eigenvalue weighted by Gasteiger charge is -2.21. The summed E-state index contributed by atoms with van der Waals surface area (Å²) >= 11 is 0. The predicted octanol–water partition coefficient (Wildman–Crippen LogP) is 4.69. The lowest BCUT2D eigenvalue weighted by Crippen LogP contribution is -2.31. The molecule has 0 aliphatic heterocycles. The average Bonchev–Trinajstić information content (AvgIpc) is 3.09. The van der Waals surface area contributed by atoms with Gasteiger partial charge in [-0.15, -0.1) is 0 Å². The first-order valence-corrected chi connectivity index (χ1v) is 11.0. The van der Waals surface area contributed by atoms with E-state index in [2.05, 4.69) is 4.98 Å². The molecular formula is C22H24N2O5S. The molecule has 2 aromatic carbocycles. The van der Waals surface area contributed by atoms with Crippen LogP contribution in [0.1, 0.15) is 48.4 Å². The quantitative estimate of drug-likeness (QED) is 0.586. The first-order valence-electron chi connectivity index (χ1n) is 9.59. The topological polar surface area (TPSA) is 101 Å². The lowest BCUT2D eigenvalue weighted by molar-refractivity contribution is 0.0695. The Labute approximate surface area is 176 Å². The van der Waals surface area contributed by atoms with Crippen molar-refractivity contribution in [1.29, 1.82) is 0 Å². The van der Waals surface area contributed by atoms with Gasteiger partial charge in [0.25, 0.3) is 10.0 Å². The fourth-order valence-electron chi connectivity index (χ4n) is 3.27. The van der Waals surface area contributed by atoms with E-state index in [1.165, 1.54) is 12.1 Å². The van der Waals surface area contributed by atoms with Gasteiger partial charge in [0.1, 0.15) is 5.76 Å². The molecule has 30 heavy (non-hydrogen) atoms. The number of sulfonamides is 1. The number of hydrogen-bond donors (Lipinski definition) is 1. The zero-order valence-electron chi connectivity index (χ0n) is 17.3. The largest absolute Gasteiger partial charge is 0.478 e. The summed E-state index contributed by atoms with van der Waals surface area (Å²) in [6.07, 6.45) is 0. The molecule has 0 unspecified atom stereocenters. The van der Waals surface area contributed by atoms with Crippen molar-refractivity contribution in [3.8, 4) is 11.5 Å². The highest BCUT2D eigenvalue weighted by molar-refractivity contribution is 7.92. The summed E-state index contributed by atoms with van der Waals surface area (Å²) in [5.74, 6) is -0.361. The maximum absolute atomic E-state index is 13.4. The molecule has 0 radical (unpaired) electrons. The molecule has 0 atom stereocenters. The summed E-state index contributed by atoms with van der Waals surface area (Å²) in [6.45, 7) is 7.17. The number of aryl methyl sites for hydroxylation is 1. The first kappa shape index (κ1) is 21.6. The minimum Gasteiger partial charge on any atom is -0.478 e. The van der Waals surface area contributed by atoms with Gasteiger partial charge in [-0.2, -0.15) is 4.98 Å². The van der Waals surface area contributed by atoms with Crippen LogP contribution in [0, 0.1) is 6.92 Å². The maximum Gasteiger partial charge on any atom is 0.336 e. The standard InChI is InChI=1S/C22H24N2O5S/c1-5-24(20-15(4)29-21(23-20)16-9-7-6-8-10-16)30(27,28)17-11-12-18(14(2)3)19(13-17)22(25)26/h6-14H,5H2,1-4H3,(H,25,26). The Bertz CT molecular complexity index is 1170. The molecule has 0 saturated carbocycles. The molecule has 0 fully saturated rings. The van der Waals surface area contributed by atoms with Gasteiger partial charge >= 0.3 is 5.97 Å². The molecule has 3 rings (SSSR count). The Morgan fingerprint density at radius 1 is 1.17 bits per heavy atom. The van der Waals surface area contributed by atoms with Gasteiger partial charge in [-0.05, 0) is 49.6 Å². The van der Waals surface area contributed by atoms with Crippen LogP contribution in [-0.2, 0) is 10.0 Å². The number of carbonyl (C=O) groups is 1. The molecule has 0 aliphatic rings. The van der Waals surface area contributed by atoms with Crippen molar-refractivity contribution in [3.63, 3.8) is 0 Å². The first-order chi connectivity index (χ1) is 14.2. The molecule has 1 heterocycles. The smallest absolute Gasteiger partial charge is 0.336 e. The molecule has 1 aromatic heterocycles. The number of rotatable bonds is 7. The van der Waals surface area contributed by atoms with Crippen LogP contribution in [0.4, 0.5) is 5.82 Å². The summed E-state index contributed by atoms with van der Waals surface area (Å²) < 4.78 is 33.6. The van der Waals surface area contributed by atoms with Crippen molar-refractivity contribution < 1.29 is 22.7 Å². The number of oxazole rings is 1. The molecule has 3 aromatic rings. The van der Waals surface area contributed by atoms with Crippen LogP contribution in [0.25, 0.3) is 11.5 Å². The molecule has 158 valence electrons. The minimum atomic E-state index is -4.05. The third kappa shape index (κ3) is 3.95.